The van der Waals surface area contributed by atoms with Crippen molar-refractivity contribution in [1.29, 1.82) is 0 Å². The van der Waals surface area contributed by atoms with Crippen molar-refractivity contribution in [3.63, 3.8) is 0 Å². The molecule has 0 aliphatic rings. The number of nitrogen functional groups attached to an aromatic ring is 1. The van der Waals surface area contributed by atoms with Crippen LogP contribution in [0, 0.1) is 0 Å². The molecule has 0 aliphatic heterocycles. The minimum atomic E-state index is 0.173. The average Bonchev–Trinajstić information content (AvgIpc) is 3.60. The van der Waals surface area contributed by atoms with Crippen LogP contribution in [0.1, 0.15) is 75.6 Å². The van der Waals surface area contributed by atoms with Gasteiger partial charge in [0.2, 0.25) is 10.7 Å². The summed E-state index contributed by atoms with van der Waals surface area (Å²) in [7, 11) is 0. The van der Waals surface area contributed by atoms with Crippen molar-refractivity contribution in [2.75, 3.05) is 17.2 Å². The molecule has 0 radical (unpaired) electrons. The zero-order valence-corrected chi connectivity index (χ0v) is 34.7. The van der Waals surface area contributed by atoms with Crippen LogP contribution in [0.4, 0.5) is 5.95 Å². The number of rotatable bonds is 14. The fourth-order valence-electron chi connectivity index (χ4n) is 4.24. The first-order chi connectivity index (χ1) is 22.4. The molecule has 0 saturated carbocycles. The summed E-state index contributed by atoms with van der Waals surface area (Å²) in [6.45, 7) is 14.1. The van der Waals surface area contributed by atoms with Gasteiger partial charge in [0.1, 0.15) is 11.6 Å². The predicted octanol–water partition coefficient (Wildman–Crippen LogP) is 8.68. The SMILES string of the molecule is CCn1c(Br)nnc1SCC(=O)Cc1ccc(C(C)C)cc1.CCn1c(N)nnc1SCC(=O)Cc1ccc(C(C)C)cc1.[Br][Cu][Br]. The molecule has 0 bridgehead atoms. The second kappa shape index (κ2) is 22.3. The van der Waals surface area contributed by atoms with Crippen molar-refractivity contribution in [3.8, 4) is 0 Å². The Morgan fingerprint density at radius 1 is 0.723 bits per heavy atom. The Morgan fingerprint density at radius 2 is 1.11 bits per heavy atom. The number of nitrogens with zero attached hydrogens (tertiary/aromatic N) is 6. The number of anilines is 1. The summed E-state index contributed by atoms with van der Waals surface area (Å²) >= 11 is 13.5. The number of aromatic nitrogens is 6. The van der Waals surface area contributed by atoms with Gasteiger partial charge >= 0.3 is 39.6 Å². The summed E-state index contributed by atoms with van der Waals surface area (Å²) in [5, 5.41) is 17.3. The van der Waals surface area contributed by atoms with E-state index in [9.17, 15) is 9.59 Å². The number of hydrogen-bond donors (Lipinski definition) is 1. The number of halogens is 3. The summed E-state index contributed by atoms with van der Waals surface area (Å²) in [6, 6.07) is 16.5. The molecular weight excluding hydrogens is 882 g/mol. The number of nitrogens with two attached hydrogens (primary N) is 1. The molecule has 4 rings (SSSR count). The molecule has 2 heterocycles. The number of hydrogen-bond acceptors (Lipinski definition) is 9. The van der Waals surface area contributed by atoms with E-state index in [1.165, 1.54) is 46.0 Å². The number of ketones is 2. The van der Waals surface area contributed by atoms with E-state index in [4.69, 9.17) is 5.73 Å². The number of thioether (sulfide) groups is 2. The number of Topliss-reactive ketones (excluding diaryl/α,β-unsaturated/α-hetero) is 2. The third-order valence-corrected chi connectivity index (χ3v) is 9.51. The molecule has 2 aromatic carbocycles. The first kappa shape index (κ1) is 41.7. The van der Waals surface area contributed by atoms with Crippen LogP contribution in [0.25, 0.3) is 0 Å². The van der Waals surface area contributed by atoms with Gasteiger partial charge in [-0.2, -0.15) is 0 Å². The number of carbonyl (C=O) groups is 2. The van der Waals surface area contributed by atoms with Crippen molar-refractivity contribution in [2.24, 2.45) is 0 Å². The van der Waals surface area contributed by atoms with E-state index >= 15 is 0 Å². The molecule has 0 atom stereocenters. The molecular formula is C32H42Br3CuN7O2S2. The molecule has 15 heteroatoms. The zero-order valence-electron chi connectivity index (χ0n) is 27.3. The van der Waals surface area contributed by atoms with E-state index in [1.54, 1.807) is 4.57 Å². The minimum absolute atomic E-state index is 0.173. The van der Waals surface area contributed by atoms with Gasteiger partial charge in [0.15, 0.2) is 10.3 Å². The molecule has 0 spiro atoms. The van der Waals surface area contributed by atoms with Crippen molar-refractivity contribution < 1.29 is 20.9 Å². The van der Waals surface area contributed by atoms with E-state index in [-0.39, 0.29) is 11.6 Å². The first-order valence-corrected chi connectivity index (χ1v) is 22.4. The standard InChI is InChI=1S/C16H20BrN3OS.C16H22N4OS.2BrH.Cu/c2*1-4-20-15(17)18-19-16(20)22-10-14(21)9-12-5-7-13(8-6-12)11(2)3;;;/h5-8,11H,4,9-10H2,1-3H3;5-8,11H,4,9-10H2,1-3H3,(H2,17,18);2*1H;/q;;;;+2/p-2. The summed E-state index contributed by atoms with van der Waals surface area (Å²) in [6.07, 6.45) is 0.911. The second-order valence-corrected chi connectivity index (χ2v) is 18.3. The van der Waals surface area contributed by atoms with Gasteiger partial charge in [0.05, 0.1) is 11.5 Å². The maximum absolute atomic E-state index is 12.1. The molecule has 0 aliphatic carbocycles. The first-order valence-electron chi connectivity index (χ1n) is 15.0. The van der Waals surface area contributed by atoms with Gasteiger partial charge in [-0.1, -0.05) is 99.7 Å². The van der Waals surface area contributed by atoms with Gasteiger partial charge in [0, 0.05) is 25.9 Å². The zero-order chi connectivity index (χ0) is 34.9. The van der Waals surface area contributed by atoms with Crippen LogP contribution in [0.3, 0.4) is 0 Å². The Labute approximate surface area is 315 Å². The Hall–Kier alpha value is -1.48. The Morgan fingerprint density at radius 3 is 1.49 bits per heavy atom. The van der Waals surface area contributed by atoms with Crippen molar-refractivity contribution in [2.45, 2.75) is 89.6 Å². The van der Waals surface area contributed by atoms with E-state index in [0.717, 1.165) is 22.8 Å². The fourth-order valence-corrected chi connectivity index (χ4v) is 6.58. The summed E-state index contributed by atoms with van der Waals surface area (Å²) in [4.78, 5) is 24.2. The Balaban J connectivity index is 0.000000302. The molecule has 0 amide bonds. The van der Waals surface area contributed by atoms with E-state index in [2.05, 4.69) is 117 Å². The van der Waals surface area contributed by atoms with Gasteiger partial charge in [0.25, 0.3) is 0 Å². The van der Waals surface area contributed by atoms with Crippen LogP contribution in [0.2, 0.25) is 0 Å². The summed E-state index contributed by atoms with van der Waals surface area (Å²) in [5.41, 5.74) is 10.4. The molecule has 47 heavy (non-hydrogen) atoms. The van der Waals surface area contributed by atoms with Crippen LogP contribution < -0.4 is 5.73 Å². The second-order valence-electron chi connectivity index (χ2n) is 10.9. The molecule has 0 saturated heterocycles. The van der Waals surface area contributed by atoms with Crippen molar-refractivity contribution in [1.82, 2.24) is 29.5 Å². The fraction of sp³-hybridized carbons (Fsp3) is 0.438. The van der Waals surface area contributed by atoms with Crippen molar-refractivity contribution >= 4 is 85.2 Å². The van der Waals surface area contributed by atoms with Crippen LogP contribution in [-0.4, -0.2) is 52.6 Å². The van der Waals surface area contributed by atoms with Gasteiger partial charge in [-0.05, 0) is 63.9 Å². The van der Waals surface area contributed by atoms with Gasteiger partial charge in [-0.3, -0.25) is 18.7 Å². The van der Waals surface area contributed by atoms with Crippen LogP contribution in [0.5, 0.6) is 0 Å². The predicted molar refractivity (Wildman–Crippen MR) is 201 cm³/mol. The number of benzene rings is 2. The van der Waals surface area contributed by atoms with Gasteiger partial charge < -0.3 is 5.73 Å². The van der Waals surface area contributed by atoms with Crippen LogP contribution in [0.15, 0.2) is 63.6 Å². The summed E-state index contributed by atoms with van der Waals surface area (Å²) in [5.74, 6) is 2.57. The van der Waals surface area contributed by atoms with E-state index in [1.807, 2.05) is 42.7 Å². The normalized spacial score (nSPS) is 10.9. The average molecular weight is 924 g/mol. The van der Waals surface area contributed by atoms with E-state index < -0.39 is 0 Å². The third-order valence-electron chi connectivity index (χ3n) is 6.87. The Bertz CT molecular complexity index is 1420. The van der Waals surface area contributed by atoms with Crippen LogP contribution in [-0.2, 0) is 46.9 Å². The monoisotopic (exact) mass is 920 g/mol. The molecule has 9 nitrogen and oxygen atoms in total. The van der Waals surface area contributed by atoms with Gasteiger partial charge in [-0.15, -0.1) is 20.4 Å². The summed E-state index contributed by atoms with van der Waals surface area (Å²) < 4.78 is 4.44. The third kappa shape index (κ3) is 14.5. The topological polar surface area (TPSA) is 122 Å². The molecule has 0 unspecified atom stereocenters. The van der Waals surface area contributed by atoms with Crippen LogP contribution >= 0.6 is 67.7 Å². The number of carbonyl (C=O) groups excluding carboxylic acids is 2. The quantitative estimate of drug-likeness (QED) is 0.0979. The molecule has 2 N–H and O–H groups in total. The Kier molecular flexibility index (Phi) is 19.8. The van der Waals surface area contributed by atoms with Gasteiger partial charge in [-0.25, -0.2) is 0 Å². The maximum atomic E-state index is 12.1. The molecule has 2 aromatic heterocycles. The molecule has 4 aromatic rings. The van der Waals surface area contributed by atoms with Crippen molar-refractivity contribution in [3.05, 3.63) is 75.5 Å². The molecule has 0 fully saturated rings. The van der Waals surface area contributed by atoms with E-state index in [0.29, 0.717) is 58.6 Å². The molecule has 261 valence electrons.